The first kappa shape index (κ1) is 20.9. The molecular weight excluding hydrogens is 420 g/mol. The third kappa shape index (κ3) is 5.61. The van der Waals surface area contributed by atoms with Gasteiger partial charge in [0.2, 0.25) is 5.95 Å². The van der Waals surface area contributed by atoms with Gasteiger partial charge in [0.1, 0.15) is 0 Å². The molecule has 3 rings (SSSR count). The normalized spacial score (nSPS) is 18.2. The first-order valence-corrected chi connectivity index (χ1v) is 10.7. The van der Waals surface area contributed by atoms with Gasteiger partial charge < -0.3 is 5.32 Å². The van der Waals surface area contributed by atoms with Gasteiger partial charge in [-0.3, -0.25) is 9.69 Å². The van der Waals surface area contributed by atoms with E-state index < -0.39 is 0 Å². The molecule has 0 bridgehead atoms. The van der Waals surface area contributed by atoms with Crippen LogP contribution >= 0.6 is 15.9 Å². The van der Waals surface area contributed by atoms with E-state index in [1.54, 1.807) is 23.1 Å². The second-order valence-electron chi connectivity index (χ2n) is 8.32. The summed E-state index contributed by atoms with van der Waals surface area (Å²) in [5.41, 5.74) is 0.830. The molecule has 7 nitrogen and oxygen atoms in total. The fraction of sp³-hybridized carbons (Fsp3) is 0.600. The Labute approximate surface area is 174 Å². The van der Waals surface area contributed by atoms with Crippen molar-refractivity contribution in [2.75, 3.05) is 25.0 Å². The molecule has 1 N–H and O–H groups in total. The summed E-state index contributed by atoms with van der Waals surface area (Å²) in [5.74, 6) is 0.643. The van der Waals surface area contributed by atoms with Gasteiger partial charge in [0.15, 0.2) is 0 Å². The zero-order valence-electron chi connectivity index (χ0n) is 16.9. The van der Waals surface area contributed by atoms with Gasteiger partial charge in [-0.25, -0.2) is 14.6 Å². The number of hydrogen-bond acceptors (Lipinski definition) is 6. The van der Waals surface area contributed by atoms with E-state index >= 15 is 0 Å². The Balaban J connectivity index is 1.62. The number of nitrogens with zero attached hydrogens (tertiary/aromatic N) is 5. The summed E-state index contributed by atoms with van der Waals surface area (Å²) in [6.45, 7) is 9.59. The van der Waals surface area contributed by atoms with Crippen LogP contribution < -0.4 is 10.9 Å². The van der Waals surface area contributed by atoms with Crippen molar-refractivity contribution in [1.29, 1.82) is 0 Å². The Morgan fingerprint density at radius 2 is 1.93 bits per heavy atom. The number of rotatable bonds is 6. The van der Waals surface area contributed by atoms with Gasteiger partial charge in [-0.2, -0.15) is 5.10 Å². The number of nitrogens with one attached hydrogen (secondary N) is 1. The lowest BCUT2D eigenvalue weighted by Gasteiger charge is -2.35. The molecule has 8 heteroatoms. The molecule has 28 heavy (non-hydrogen) atoms. The third-order valence-electron chi connectivity index (χ3n) is 5.10. The van der Waals surface area contributed by atoms with Crippen molar-refractivity contribution in [3.8, 4) is 0 Å². The van der Waals surface area contributed by atoms with Gasteiger partial charge in [0, 0.05) is 43.0 Å². The molecule has 1 aliphatic rings. The first-order valence-electron chi connectivity index (χ1n) is 9.87. The smallest absolute Gasteiger partial charge is 0.266 e. The van der Waals surface area contributed by atoms with Crippen LogP contribution in [0.4, 0.5) is 5.95 Å². The van der Waals surface area contributed by atoms with Gasteiger partial charge >= 0.3 is 0 Å². The van der Waals surface area contributed by atoms with Crippen LogP contribution in [0.2, 0.25) is 0 Å². The molecule has 1 atom stereocenters. The van der Waals surface area contributed by atoms with Crippen molar-refractivity contribution in [3.05, 3.63) is 45.0 Å². The highest BCUT2D eigenvalue weighted by atomic mass is 79.9. The Bertz CT molecular complexity index is 830. The highest BCUT2D eigenvalue weighted by Gasteiger charge is 2.23. The van der Waals surface area contributed by atoms with Gasteiger partial charge in [-0.05, 0) is 41.4 Å². The van der Waals surface area contributed by atoms with Crippen LogP contribution in [0.5, 0.6) is 0 Å². The van der Waals surface area contributed by atoms with Crippen LogP contribution in [0, 0.1) is 0 Å². The van der Waals surface area contributed by atoms with Crippen LogP contribution in [0.15, 0.2) is 33.8 Å². The molecule has 152 valence electrons. The van der Waals surface area contributed by atoms with E-state index in [1.165, 1.54) is 12.8 Å². The van der Waals surface area contributed by atoms with E-state index in [9.17, 15) is 4.79 Å². The average Bonchev–Trinajstić information content (AvgIpc) is 2.66. The fourth-order valence-electron chi connectivity index (χ4n) is 3.43. The topological polar surface area (TPSA) is 75.9 Å². The Kier molecular flexibility index (Phi) is 6.82. The summed E-state index contributed by atoms with van der Waals surface area (Å²) in [5, 5.41) is 7.93. The summed E-state index contributed by atoms with van der Waals surface area (Å²) in [4.78, 5) is 23.3. The molecule has 0 radical (unpaired) electrons. The van der Waals surface area contributed by atoms with Crippen molar-refractivity contribution in [2.24, 2.45) is 0 Å². The van der Waals surface area contributed by atoms with Crippen LogP contribution in [-0.4, -0.2) is 50.3 Å². The Morgan fingerprint density at radius 1 is 1.18 bits per heavy atom. The monoisotopic (exact) mass is 448 g/mol. The predicted molar refractivity (Wildman–Crippen MR) is 115 cm³/mol. The van der Waals surface area contributed by atoms with Crippen molar-refractivity contribution in [1.82, 2.24) is 24.6 Å². The second kappa shape index (κ2) is 9.13. The molecule has 0 spiro atoms. The molecule has 0 saturated carbocycles. The standard InChI is InChI=1S/C20H29BrN6O/c1-20(2,3)17-7-8-18(28)27(25-17)11-10-26-9-5-4-6-16(26)14-24-19-22-12-15(21)13-23-19/h7-8,12-13,16H,4-6,9-11,14H2,1-3H3,(H,22,23,24). The maximum atomic E-state index is 12.2. The lowest BCUT2D eigenvalue weighted by atomic mass is 9.92. The SMILES string of the molecule is CC(C)(C)c1ccc(=O)n(CCN2CCCCC2CNc2ncc(Br)cn2)n1. The minimum Gasteiger partial charge on any atom is -0.353 e. The van der Waals surface area contributed by atoms with Gasteiger partial charge in [0.05, 0.1) is 16.7 Å². The zero-order valence-corrected chi connectivity index (χ0v) is 18.4. The van der Waals surface area contributed by atoms with E-state index in [0.29, 0.717) is 18.5 Å². The summed E-state index contributed by atoms with van der Waals surface area (Å²) in [6.07, 6.45) is 7.04. The minimum atomic E-state index is -0.0717. The number of hydrogen-bond donors (Lipinski definition) is 1. The summed E-state index contributed by atoms with van der Waals surface area (Å²) in [7, 11) is 0. The highest BCUT2D eigenvalue weighted by Crippen LogP contribution is 2.19. The Morgan fingerprint density at radius 3 is 2.64 bits per heavy atom. The molecule has 1 aliphatic heterocycles. The third-order valence-corrected chi connectivity index (χ3v) is 5.51. The van der Waals surface area contributed by atoms with Crippen LogP contribution in [0.3, 0.4) is 0 Å². The molecule has 0 aliphatic carbocycles. The summed E-state index contributed by atoms with van der Waals surface area (Å²) in [6, 6.07) is 3.88. The summed E-state index contributed by atoms with van der Waals surface area (Å²) < 4.78 is 2.48. The van der Waals surface area contributed by atoms with Crippen molar-refractivity contribution in [2.45, 2.75) is 58.0 Å². The van der Waals surface area contributed by atoms with E-state index in [4.69, 9.17) is 0 Å². The number of anilines is 1. The molecule has 2 aromatic heterocycles. The molecule has 0 amide bonds. The molecule has 2 aromatic rings. The lowest BCUT2D eigenvalue weighted by molar-refractivity contribution is 0.147. The van der Waals surface area contributed by atoms with Crippen molar-refractivity contribution in [3.63, 3.8) is 0 Å². The number of piperidine rings is 1. The molecule has 1 unspecified atom stereocenters. The molecule has 0 aromatic carbocycles. The van der Waals surface area contributed by atoms with Crippen LogP contribution in [0.1, 0.15) is 45.7 Å². The van der Waals surface area contributed by atoms with Crippen LogP contribution in [0.25, 0.3) is 0 Å². The fourth-order valence-corrected chi connectivity index (χ4v) is 3.64. The zero-order chi connectivity index (χ0) is 20.1. The molecular formula is C20H29BrN6O. The highest BCUT2D eigenvalue weighted by molar-refractivity contribution is 9.10. The number of halogens is 1. The minimum absolute atomic E-state index is 0.0389. The number of likely N-dealkylation sites (tertiary alicyclic amines) is 1. The van der Waals surface area contributed by atoms with Gasteiger partial charge in [0.25, 0.3) is 5.56 Å². The maximum Gasteiger partial charge on any atom is 0.266 e. The second-order valence-corrected chi connectivity index (χ2v) is 9.24. The van der Waals surface area contributed by atoms with E-state index in [2.05, 4.69) is 62.0 Å². The molecule has 3 heterocycles. The maximum absolute atomic E-state index is 12.2. The van der Waals surface area contributed by atoms with E-state index in [-0.39, 0.29) is 11.0 Å². The molecule has 1 saturated heterocycles. The predicted octanol–water partition coefficient (Wildman–Crippen LogP) is 3.06. The van der Waals surface area contributed by atoms with Gasteiger partial charge in [-0.15, -0.1) is 0 Å². The Hall–Kier alpha value is -1.80. The van der Waals surface area contributed by atoms with Crippen LogP contribution in [-0.2, 0) is 12.0 Å². The largest absolute Gasteiger partial charge is 0.353 e. The van der Waals surface area contributed by atoms with E-state index in [1.807, 2.05) is 6.07 Å². The van der Waals surface area contributed by atoms with Crippen molar-refractivity contribution >= 4 is 21.9 Å². The summed E-state index contributed by atoms with van der Waals surface area (Å²) >= 11 is 3.35. The lowest BCUT2D eigenvalue weighted by Crippen LogP contribution is -2.46. The van der Waals surface area contributed by atoms with Crippen molar-refractivity contribution < 1.29 is 0 Å². The first-order chi connectivity index (χ1) is 13.3. The number of aromatic nitrogens is 4. The quantitative estimate of drug-likeness (QED) is 0.731. The van der Waals surface area contributed by atoms with E-state index in [0.717, 1.165) is 36.2 Å². The average molecular weight is 449 g/mol. The van der Waals surface area contributed by atoms with Gasteiger partial charge in [-0.1, -0.05) is 27.2 Å². The molecule has 1 fully saturated rings.